The summed E-state index contributed by atoms with van der Waals surface area (Å²) in [7, 11) is 1.35. The summed E-state index contributed by atoms with van der Waals surface area (Å²) in [5.74, 6) is 0.575. The minimum atomic E-state index is -0.408. The first kappa shape index (κ1) is 16.9. The van der Waals surface area contributed by atoms with Crippen LogP contribution in [-0.2, 0) is 9.53 Å². The lowest BCUT2D eigenvalue weighted by atomic mass is 9.79. The van der Waals surface area contributed by atoms with Gasteiger partial charge < -0.3 is 4.74 Å². The Labute approximate surface area is 139 Å². The molecule has 0 spiro atoms. The van der Waals surface area contributed by atoms with Gasteiger partial charge in [-0.25, -0.2) is 4.79 Å². The van der Waals surface area contributed by atoms with Gasteiger partial charge in [-0.05, 0) is 40.4 Å². The van der Waals surface area contributed by atoms with E-state index in [0.29, 0.717) is 40.4 Å². The Balaban J connectivity index is 2.42. The van der Waals surface area contributed by atoms with Gasteiger partial charge in [0.05, 0.1) is 22.8 Å². The fourth-order valence-electron chi connectivity index (χ4n) is 2.77. The number of ketones is 1. The SMILES string of the molecule is COC(=O)c1cccc(N=C2CC(=O)CCC2C(C)C)c1Br. The number of carbonyl (C=O) groups excluding carboxylic acids is 2. The van der Waals surface area contributed by atoms with E-state index in [1.165, 1.54) is 7.11 Å². The molecular formula is C17H20BrNO3. The number of esters is 1. The normalized spacial score (nSPS) is 20.5. The maximum absolute atomic E-state index is 11.8. The molecule has 1 aliphatic carbocycles. The smallest absolute Gasteiger partial charge is 0.339 e. The Kier molecular flexibility index (Phi) is 5.51. The topological polar surface area (TPSA) is 55.7 Å². The minimum Gasteiger partial charge on any atom is -0.465 e. The molecule has 2 rings (SSSR count). The van der Waals surface area contributed by atoms with Gasteiger partial charge in [0.25, 0.3) is 0 Å². The monoisotopic (exact) mass is 365 g/mol. The summed E-state index contributed by atoms with van der Waals surface area (Å²) >= 11 is 3.43. The van der Waals surface area contributed by atoms with Crippen LogP contribution in [0, 0.1) is 11.8 Å². The van der Waals surface area contributed by atoms with Crippen molar-refractivity contribution < 1.29 is 14.3 Å². The molecule has 22 heavy (non-hydrogen) atoms. The predicted octanol–water partition coefficient (Wildman–Crippen LogP) is 4.33. The number of aliphatic imine (C=N–C) groups is 1. The van der Waals surface area contributed by atoms with Crippen LogP contribution >= 0.6 is 15.9 Å². The van der Waals surface area contributed by atoms with Crippen molar-refractivity contribution in [1.29, 1.82) is 0 Å². The van der Waals surface area contributed by atoms with Crippen molar-refractivity contribution in [2.75, 3.05) is 7.11 Å². The second-order valence-corrected chi connectivity index (χ2v) is 6.63. The number of halogens is 1. The summed E-state index contributed by atoms with van der Waals surface area (Å²) < 4.78 is 5.37. The van der Waals surface area contributed by atoms with Crippen molar-refractivity contribution in [3.05, 3.63) is 28.2 Å². The third kappa shape index (κ3) is 3.64. The molecule has 1 aromatic carbocycles. The number of rotatable bonds is 3. The van der Waals surface area contributed by atoms with Gasteiger partial charge in [-0.15, -0.1) is 0 Å². The lowest BCUT2D eigenvalue weighted by Crippen LogP contribution is -2.28. The first-order valence-corrected chi connectivity index (χ1v) is 8.19. The highest BCUT2D eigenvalue weighted by Crippen LogP contribution is 2.33. The molecule has 1 saturated carbocycles. The molecule has 1 aromatic rings. The van der Waals surface area contributed by atoms with Gasteiger partial charge >= 0.3 is 5.97 Å². The van der Waals surface area contributed by atoms with Gasteiger partial charge in [0.15, 0.2) is 0 Å². The van der Waals surface area contributed by atoms with Crippen molar-refractivity contribution in [1.82, 2.24) is 0 Å². The lowest BCUT2D eigenvalue weighted by molar-refractivity contribution is -0.118. The number of methoxy groups -OCH3 is 1. The molecule has 0 aromatic heterocycles. The van der Waals surface area contributed by atoms with E-state index in [4.69, 9.17) is 4.74 Å². The average molecular weight is 366 g/mol. The Bertz CT molecular complexity index is 622. The van der Waals surface area contributed by atoms with Crippen molar-refractivity contribution in [3.8, 4) is 0 Å². The number of benzene rings is 1. The van der Waals surface area contributed by atoms with Gasteiger partial charge in [-0.3, -0.25) is 9.79 Å². The van der Waals surface area contributed by atoms with E-state index in [0.717, 1.165) is 12.1 Å². The predicted molar refractivity (Wildman–Crippen MR) is 89.8 cm³/mol. The largest absolute Gasteiger partial charge is 0.465 e. The second kappa shape index (κ2) is 7.18. The first-order valence-electron chi connectivity index (χ1n) is 7.40. The van der Waals surface area contributed by atoms with Crippen LogP contribution < -0.4 is 0 Å². The molecule has 1 unspecified atom stereocenters. The summed E-state index contributed by atoms with van der Waals surface area (Å²) in [6.45, 7) is 4.30. The molecule has 0 heterocycles. The van der Waals surface area contributed by atoms with E-state index in [-0.39, 0.29) is 5.78 Å². The molecule has 0 saturated heterocycles. The Morgan fingerprint density at radius 1 is 1.41 bits per heavy atom. The molecular weight excluding hydrogens is 346 g/mol. The van der Waals surface area contributed by atoms with Crippen LogP contribution in [0.4, 0.5) is 5.69 Å². The Hall–Kier alpha value is -1.49. The second-order valence-electron chi connectivity index (χ2n) is 5.84. The Morgan fingerprint density at radius 2 is 2.14 bits per heavy atom. The van der Waals surface area contributed by atoms with E-state index in [2.05, 4.69) is 34.8 Å². The quantitative estimate of drug-likeness (QED) is 0.748. The van der Waals surface area contributed by atoms with E-state index in [1.54, 1.807) is 12.1 Å². The van der Waals surface area contributed by atoms with Crippen LogP contribution in [0.5, 0.6) is 0 Å². The van der Waals surface area contributed by atoms with Crippen molar-refractivity contribution in [2.24, 2.45) is 16.8 Å². The zero-order valence-electron chi connectivity index (χ0n) is 13.1. The molecule has 1 atom stereocenters. The zero-order chi connectivity index (χ0) is 16.3. The van der Waals surface area contributed by atoms with Gasteiger partial charge in [0, 0.05) is 24.5 Å². The number of Topliss-reactive ketones (excluding diaryl/α,β-unsaturated/α-hetero) is 1. The van der Waals surface area contributed by atoms with Crippen molar-refractivity contribution in [2.45, 2.75) is 33.1 Å². The molecule has 0 radical (unpaired) electrons. The fourth-order valence-corrected chi connectivity index (χ4v) is 3.29. The molecule has 0 bridgehead atoms. The lowest BCUT2D eigenvalue weighted by Gasteiger charge is -2.26. The van der Waals surface area contributed by atoms with E-state index < -0.39 is 5.97 Å². The summed E-state index contributed by atoms with van der Waals surface area (Å²) in [5.41, 5.74) is 2.01. The summed E-state index contributed by atoms with van der Waals surface area (Å²) in [5, 5.41) is 0. The summed E-state index contributed by atoms with van der Waals surface area (Å²) in [4.78, 5) is 28.2. The van der Waals surface area contributed by atoms with Crippen LogP contribution in [-0.4, -0.2) is 24.6 Å². The molecule has 0 N–H and O–H groups in total. The van der Waals surface area contributed by atoms with Crippen LogP contribution in [0.2, 0.25) is 0 Å². The highest BCUT2D eigenvalue weighted by molar-refractivity contribution is 9.10. The molecule has 5 heteroatoms. The van der Waals surface area contributed by atoms with E-state index in [9.17, 15) is 9.59 Å². The summed E-state index contributed by atoms with van der Waals surface area (Å²) in [6.07, 6.45) is 1.88. The number of nitrogens with zero attached hydrogens (tertiary/aromatic N) is 1. The van der Waals surface area contributed by atoms with E-state index >= 15 is 0 Å². The van der Waals surface area contributed by atoms with Crippen LogP contribution in [0.25, 0.3) is 0 Å². The summed E-state index contributed by atoms with van der Waals surface area (Å²) in [6, 6.07) is 5.29. The number of ether oxygens (including phenoxy) is 1. The molecule has 0 amide bonds. The third-order valence-electron chi connectivity index (χ3n) is 3.99. The molecule has 118 valence electrons. The van der Waals surface area contributed by atoms with Crippen molar-refractivity contribution >= 4 is 39.1 Å². The third-order valence-corrected chi connectivity index (χ3v) is 4.83. The molecule has 1 fully saturated rings. The van der Waals surface area contributed by atoms with E-state index in [1.807, 2.05) is 6.07 Å². The van der Waals surface area contributed by atoms with Gasteiger partial charge in [0.1, 0.15) is 5.78 Å². The number of hydrogen-bond acceptors (Lipinski definition) is 4. The first-order chi connectivity index (χ1) is 10.4. The average Bonchev–Trinajstić information content (AvgIpc) is 2.48. The standard InChI is InChI=1S/C17H20BrNO3/c1-10(2)12-8-7-11(20)9-15(12)19-14-6-4-5-13(16(14)18)17(21)22-3/h4-6,10,12H,7-9H2,1-3H3. The Morgan fingerprint density at radius 3 is 2.77 bits per heavy atom. The maximum Gasteiger partial charge on any atom is 0.339 e. The van der Waals surface area contributed by atoms with Crippen LogP contribution in [0.15, 0.2) is 27.7 Å². The molecule has 1 aliphatic rings. The highest BCUT2D eigenvalue weighted by Gasteiger charge is 2.28. The molecule has 0 aliphatic heterocycles. The van der Waals surface area contributed by atoms with Gasteiger partial charge in [0.2, 0.25) is 0 Å². The van der Waals surface area contributed by atoms with Crippen molar-refractivity contribution in [3.63, 3.8) is 0 Å². The van der Waals surface area contributed by atoms with Gasteiger partial charge in [-0.1, -0.05) is 19.9 Å². The fraction of sp³-hybridized carbons (Fsp3) is 0.471. The van der Waals surface area contributed by atoms with Gasteiger partial charge in [-0.2, -0.15) is 0 Å². The molecule has 4 nitrogen and oxygen atoms in total. The highest BCUT2D eigenvalue weighted by atomic mass is 79.9. The number of carbonyl (C=O) groups is 2. The maximum atomic E-state index is 11.8. The zero-order valence-corrected chi connectivity index (χ0v) is 14.6. The minimum absolute atomic E-state index is 0.232. The van der Waals surface area contributed by atoms with Crippen LogP contribution in [0.3, 0.4) is 0 Å². The number of hydrogen-bond donors (Lipinski definition) is 0. The van der Waals surface area contributed by atoms with Crippen LogP contribution in [0.1, 0.15) is 43.5 Å².